The second-order valence-corrected chi connectivity index (χ2v) is 4.05. The SMILES string of the molecule is C=COS(=O)(=O)Cc1ccccc1.Cl. The van der Waals surface area contributed by atoms with E-state index >= 15 is 0 Å². The molecule has 0 aromatic heterocycles. The largest absolute Gasteiger partial charge is 0.391 e. The quantitative estimate of drug-likeness (QED) is 0.592. The van der Waals surface area contributed by atoms with Crippen LogP contribution in [-0.4, -0.2) is 8.42 Å². The molecule has 3 nitrogen and oxygen atoms in total. The van der Waals surface area contributed by atoms with E-state index in [1.165, 1.54) is 0 Å². The summed E-state index contributed by atoms with van der Waals surface area (Å²) in [6, 6.07) is 8.83. The summed E-state index contributed by atoms with van der Waals surface area (Å²) in [6.07, 6.45) is 0.915. The minimum absolute atomic E-state index is 0. The van der Waals surface area contributed by atoms with Crippen LogP contribution in [0.25, 0.3) is 0 Å². The van der Waals surface area contributed by atoms with Crippen molar-refractivity contribution in [1.82, 2.24) is 0 Å². The normalized spacial score (nSPS) is 10.0. The zero-order valence-corrected chi connectivity index (χ0v) is 9.05. The highest BCUT2D eigenvalue weighted by Gasteiger charge is 2.09. The van der Waals surface area contributed by atoms with Crippen LogP contribution in [0, 0.1) is 0 Å². The van der Waals surface area contributed by atoms with Crippen molar-refractivity contribution in [3.05, 3.63) is 48.7 Å². The summed E-state index contributed by atoms with van der Waals surface area (Å²) in [5, 5.41) is 0. The summed E-state index contributed by atoms with van der Waals surface area (Å²) >= 11 is 0. The van der Waals surface area contributed by atoms with Gasteiger partial charge in [0.2, 0.25) is 0 Å². The van der Waals surface area contributed by atoms with Gasteiger partial charge in [0, 0.05) is 0 Å². The summed E-state index contributed by atoms with van der Waals surface area (Å²) in [6.45, 7) is 3.19. The Hall–Kier alpha value is -1.00. The molecule has 0 bridgehead atoms. The van der Waals surface area contributed by atoms with E-state index in [1.807, 2.05) is 6.07 Å². The zero-order chi connectivity index (χ0) is 9.73. The van der Waals surface area contributed by atoms with Gasteiger partial charge in [0.15, 0.2) is 0 Å². The summed E-state index contributed by atoms with van der Waals surface area (Å²) in [5.41, 5.74) is 0.698. The Labute approximate surface area is 89.9 Å². The fraction of sp³-hybridized carbons (Fsp3) is 0.111. The molecule has 0 aliphatic carbocycles. The minimum atomic E-state index is -3.50. The predicted octanol–water partition coefficient (Wildman–Crippen LogP) is 2.10. The maximum atomic E-state index is 11.1. The highest BCUT2D eigenvalue weighted by atomic mass is 35.5. The number of benzene rings is 1. The summed E-state index contributed by atoms with van der Waals surface area (Å²) < 4.78 is 26.6. The molecule has 1 aromatic rings. The molecular weight excluding hydrogens is 224 g/mol. The Balaban J connectivity index is 0.00000169. The molecular formula is C9H11ClO3S. The molecule has 0 amide bonds. The Morgan fingerprint density at radius 2 is 1.86 bits per heavy atom. The third kappa shape index (κ3) is 4.30. The molecule has 0 radical (unpaired) electrons. The van der Waals surface area contributed by atoms with E-state index in [-0.39, 0.29) is 18.2 Å². The first kappa shape index (κ1) is 13.0. The molecule has 0 atom stereocenters. The fourth-order valence-electron chi connectivity index (χ4n) is 0.916. The average molecular weight is 235 g/mol. The van der Waals surface area contributed by atoms with Crippen LogP contribution < -0.4 is 0 Å². The topological polar surface area (TPSA) is 43.4 Å². The predicted molar refractivity (Wildman–Crippen MR) is 57.6 cm³/mol. The van der Waals surface area contributed by atoms with Crippen LogP contribution >= 0.6 is 12.4 Å². The number of hydrogen-bond donors (Lipinski definition) is 0. The molecule has 0 heterocycles. The van der Waals surface area contributed by atoms with Crippen LogP contribution in [0.4, 0.5) is 0 Å². The van der Waals surface area contributed by atoms with Crippen molar-refractivity contribution in [1.29, 1.82) is 0 Å². The van der Waals surface area contributed by atoms with Crippen molar-refractivity contribution < 1.29 is 12.6 Å². The highest BCUT2D eigenvalue weighted by molar-refractivity contribution is 7.86. The van der Waals surface area contributed by atoms with Crippen LogP contribution in [0.3, 0.4) is 0 Å². The third-order valence-electron chi connectivity index (χ3n) is 1.40. The minimum Gasteiger partial charge on any atom is -0.391 e. The second kappa shape index (κ2) is 5.67. The smallest absolute Gasteiger partial charge is 0.312 e. The molecule has 1 aromatic carbocycles. The number of rotatable bonds is 4. The van der Waals surface area contributed by atoms with E-state index in [1.54, 1.807) is 24.3 Å². The lowest BCUT2D eigenvalue weighted by Gasteiger charge is -2.01. The first-order valence-corrected chi connectivity index (χ1v) is 5.27. The van der Waals surface area contributed by atoms with E-state index in [0.717, 1.165) is 6.26 Å². The summed E-state index contributed by atoms with van der Waals surface area (Å²) in [5.74, 6) is -0.125. The molecule has 5 heteroatoms. The summed E-state index contributed by atoms with van der Waals surface area (Å²) in [4.78, 5) is 0. The molecule has 0 aliphatic rings. The maximum absolute atomic E-state index is 11.1. The van der Waals surface area contributed by atoms with Crippen molar-refractivity contribution in [2.45, 2.75) is 5.75 Å². The van der Waals surface area contributed by atoms with Crippen molar-refractivity contribution >= 4 is 22.5 Å². The Bertz CT molecular complexity index is 372. The van der Waals surface area contributed by atoms with Gasteiger partial charge in [-0.15, -0.1) is 12.4 Å². The number of halogens is 1. The van der Waals surface area contributed by atoms with Gasteiger partial charge in [0.05, 0.1) is 6.26 Å². The standard InChI is InChI=1S/C9H10O3S.ClH/c1-2-12-13(10,11)8-9-6-4-3-5-7-9;/h2-7H,1,8H2;1H. The Morgan fingerprint density at radius 1 is 1.29 bits per heavy atom. The van der Waals surface area contributed by atoms with E-state index in [9.17, 15) is 8.42 Å². The van der Waals surface area contributed by atoms with Crippen molar-refractivity contribution in [3.63, 3.8) is 0 Å². The van der Waals surface area contributed by atoms with Gasteiger partial charge in [-0.1, -0.05) is 36.9 Å². The molecule has 0 aliphatic heterocycles. The van der Waals surface area contributed by atoms with Crippen molar-refractivity contribution in [2.75, 3.05) is 0 Å². The lowest BCUT2D eigenvalue weighted by Crippen LogP contribution is -2.04. The van der Waals surface area contributed by atoms with Crippen LogP contribution in [0.15, 0.2) is 43.2 Å². The molecule has 1 rings (SSSR count). The molecule has 78 valence electrons. The molecule has 0 unspecified atom stereocenters. The number of hydrogen-bond acceptors (Lipinski definition) is 3. The first-order valence-electron chi connectivity index (χ1n) is 3.70. The van der Waals surface area contributed by atoms with Gasteiger partial charge < -0.3 is 4.18 Å². The highest BCUT2D eigenvalue weighted by Crippen LogP contribution is 2.06. The van der Waals surface area contributed by atoms with E-state index in [2.05, 4.69) is 10.8 Å². The van der Waals surface area contributed by atoms with Gasteiger partial charge in [-0.3, -0.25) is 0 Å². The molecule has 0 saturated carbocycles. The Morgan fingerprint density at radius 3 is 2.36 bits per heavy atom. The zero-order valence-electron chi connectivity index (χ0n) is 7.42. The fourth-order valence-corrected chi connectivity index (χ4v) is 1.79. The maximum Gasteiger partial charge on any atom is 0.312 e. The van der Waals surface area contributed by atoms with Gasteiger partial charge >= 0.3 is 10.1 Å². The van der Waals surface area contributed by atoms with Gasteiger partial charge in [0.25, 0.3) is 0 Å². The monoisotopic (exact) mass is 234 g/mol. The van der Waals surface area contributed by atoms with Crippen LogP contribution in [0.1, 0.15) is 5.56 Å². The molecule has 0 saturated heterocycles. The molecule has 0 spiro atoms. The van der Waals surface area contributed by atoms with Gasteiger partial charge in [-0.25, -0.2) is 0 Å². The van der Waals surface area contributed by atoms with Crippen LogP contribution in [0.2, 0.25) is 0 Å². The van der Waals surface area contributed by atoms with Gasteiger partial charge in [-0.2, -0.15) is 8.42 Å². The lowest BCUT2D eigenvalue weighted by atomic mass is 10.2. The summed E-state index contributed by atoms with van der Waals surface area (Å²) in [7, 11) is -3.50. The van der Waals surface area contributed by atoms with E-state index < -0.39 is 10.1 Å². The van der Waals surface area contributed by atoms with Crippen LogP contribution in [0.5, 0.6) is 0 Å². The second-order valence-electron chi connectivity index (χ2n) is 2.45. The van der Waals surface area contributed by atoms with E-state index in [4.69, 9.17) is 0 Å². The first-order chi connectivity index (χ1) is 6.14. The van der Waals surface area contributed by atoms with Gasteiger partial charge in [0.1, 0.15) is 5.75 Å². The van der Waals surface area contributed by atoms with Crippen molar-refractivity contribution in [2.24, 2.45) is 0 Å². The average Bonchev–Trinajstić information content (AvgIpc) is 2.04. The van der Waals surface area contributed by atoms with E-state index in [0.29, 0.717) is 5.56 Å². The Kier molecular flexibility index (Phi) is 5.27. The van der Waals surface area contributed by atoms with Gasteiger partial charge in [-0.05, 0) is 5.56 Å². The molecule has 14 heavy (non-hydrogen) atoms. The van der Waals surface area contributed by atoms with Crippen LogP contribution in [-0.2, 0) is 20.1 Å². The molecule has 0 N–H and O–H groups in total. The molecule has 0 fully saturated rings. The lowest BCUT2D eigenvalue weighted by molar-refractivity contribution is 0.444. The third-order valence-corrected chi connectivity index (χ3v) is 2.52. The van der Waals surface area contributed by atoms with Crippen molar-refractivity contribution in [3.8, 4) is 0 Å².